The molecule has 27 heavy (non-hydrogen) atoms. The van der Waals surface area contributed by atoms with Crippen LogP contribution in [0.15, 0.2) is 42.5 Å². The quantitative estimate of drug-likeness (QED) is 0.815. The topological polar surface area (TPSA) is 50.8 Å². The number of para-hydroxylation sites is 1. The van der Waals surface area contributed by atoms with Gasteiger partial charge in [0.25, 0.3) is 5.91 Å². The van der Waals surface area contributed by atoms with Gasteiger partial charge in [0.05, 0.1) is 19.8 Å². The molecule has 0 saturated heterocycles. The number of methoxy groups -OCH3 is 2. The molecule has 0 fully saturated rings. The number of rotatable bonds is 7. The highest BCUT2D eigenvalue weighted by Gasteiger charge is 2.23. The Morgan fingerprint density at radius 2 is 1.89 bits per heavy atom. The summed E-state index contributed by atoms with van der Waals surface area (Å²) in [5.74, 6) is 0.892. The van der Waals surface area contributed by atoms with Crippen molar-refractivity contribution in [2.75, 3.05) is 27.3 Å². The van der Waals surface area contributed by atoms with E-state index in [9.17, 15) is 4.79 Å². The number of benzene rings is 2. The Morgan fingerprint density at radius 1 is 1.11 bits per heavy atom. The van der Waals surface area contributed by atoms with E-state index in [1.165, 1.54) is 11.1 Å². The first-order valence-corrected chi connectivity index (χ1v) is 9.48. The molecule has 1 N–H and O–H groups in total. The van der Waals surface area contributed by atoms with Crippen molar-refractivity contribution in [3.8, 4) is 11.5 Å². The van der Waals surface area contributed by atoms with Crippen LogP contribution in [0.3, 0.4) is 0 Å². The smallest absolute Gasteiger partial charge is 0.255 e. The maximum atomic E-state index is 12.7. The number of hydrogen-bond donors (Lipinski definition) is 1. The SMILES string of the molecule is CC[C@H](CNC(=O)c1cccc(OC)c1OC)N1CCc2ccccc2C1. The Labute approximate surface area is 161 Å². The summed E-state index contributed by atoms with van der Waals surface area (Å²) in [6.45, 7) is 4.74. The lowest BCUT2D eigenvalue weighted by Crippen LogP contribution is -2.45. The van der Waals surface area contributed by atoms with Crippen LogP contribution < -0.4 is 14.8 Å². The number of fused-ring (bicyclic) bond motifs is 1. The highest BCUT2D eigenvalue weighted by molar-refractivity contribution is 5.97. The minimum Gasteiger partial charge on any atom is -0.493 e. The fourth-order valence-electron chi connectivity index (χ4n) is 3.73. The first-order chi connectivity index (χ1) is 13.2. The summed E-state index contributed by atoms with van der Waals surface area (Å²) >= 11 is 0. The van der Waals surface area contributed by atoms with Gasteiger partial charge in [-0.2, -0.15) is 0 Å². The van der Waals surface area contributed by atoms with Crippen molar-refractivity contribution in [1.82, 2.24) is 10.2 Å². The second kappa shape index (κ2) is 8.91. The molecular weight excluding hydrogens is 340 g/mol. The van der Waals surface area contributed by atoms with Crippen LogP contribution in [0.2, 0.25) is 0 Å². The molecule has 2 aromatic rings. The Bertz CT molecular complexity index is 791. The van der Waals surface area contributed by atoms with Gasteiger partial charge < -0.3 is 14.8 Å². The minimum atomic E-state index is -0.137. The van der Waals surface area contributed by atoms with Crippen molar-refractivity contribution in [1.29, 1.82) is 0 Å². The van der Waals surface area contributed by atoms with Crippen molar-refractivity contribution in [3.05, 3.63) is 59.2 Å². The van der Waals surface area contributed by atoms with Gasteiger partial charge in [-0.3, -0.25) is 9.69 Å². The summed E-state index contributed by atoms with van der Waals surface area (Å²) in [5, 5.41) is 3.08. The van der Waals surface area contributed by atoms with Crippen molar-refractivity contribution in [2.45, 2.75) is 32.4 Å². The third-order valence-corrected chi connectivity index (χ3v) is 5.29. The second-order valence-corrected chi connectivity index (χ2v) is 6.80. The molecule has 3 rings (SSSR count). The molecule has 1 atom stereocenters. The van der Waals surface area contributed by atoms with Gasteiger partial charge in [0, 0.05) is 25.7 Å². The van der Waals surface area contributed by atoms with Crippen molar-refractivity contribution in [3.63, 3.8) is 0 Å². The monoisotopic (exact) mass is 368 g/mol. The number of ether oxygens (including phenoxy) is 2. The fourth-order valence-corrected chi connectivity index (χ4v) is 3.73. The Kier molecular flexibility index (Phi) is 6.35. The van der Waals surface area contributed by atoms with E-state index in [1.54, 1.807) is 32.4 Å². The number of hydrogen-bond acceptors (Lipinski definition) is 4. The molecule has 0 bridgehead atoms. The molecule has 0 radical (unpaired) electrons. The highest BCUT2D eigenvalue weighted by atomic mass is 16.5. The van der Waals surface area contributed by atoms with Gasteiger partial charge >= 0.3 is 0 Å². The van der Waals surface area contributed by atoms with E-state index in [0.29, 0.717) is 29.6 Å². The number of carbonyl (C=O) groups excluding carboxylic acids is 1. The number of nitrogens with zero attached hydrogens (tertiary/aromatic N) is 1. The van der Waals surface area contributed by atoms with Crippen LogP contribution in [0.4, 0.5) is 0 Å². The average Bonchev–Trinajstić information content (AvgIpc) is 2.73. The normalized spacial score (nSPS) is 14.9. The number of carbonyl (C=O) groups is 1. The summed E-state index contributed by atoms with van der Waals surface area (Å²) in [4.78, 5) is 15.2. The first-order valence-electron chi connectivity index (χ1n) is 9.48. The van der Waals surface area contributed by atoms with Crippen LogP contribution in [0, 0.1) is 0 Å². The molecule has 1 aliphatic heterocycles. The van der Waals surface area contributed by atoms with E-state index >= 15 is 0 Å². The summed E-state index contributed by atoms with van der Waals surface area (Å²) in [7, 11) is 3.12. The number of amides is 1. The van der Waals surface area contributed by atoms with Gasteiger partial charge in [-0.25, -0.2) is 0 Å². The third-order valence-electron chi connectivity index (χ3n) is 5.29. The molecule has 0 aliphatic carbocycles. The van der Waals surface area contributed by atoms with Crippen LogP contribution in [-0.4, -0.2) is 44.2 Å². The average molecular weight is 368 g/mol. The Hall–Kier alpha value is -2.53. The second-order valence-electron chi connectivity index (χ2n) is 6.80. The summed E-state index contributed by atoms with van der Waals surface area (Å²) in [5.41, 5.74) is 3.33. The molecule has 0 unspecified atom stereocenters. The lowest BCUT2D eigenvalue weighted by Gasteiger charge is -2.35. The standard InChI is InChI=1S/C22H28N2O3/c1-4-18(24-13-12-16-8-5-6-9-17(16)15-24)14-23-22(25)19-10-7-11-20(26-2)21(19)27-3/h5-11,18H,4,12-15H2,1-3H3,(H,23,25)/t18-/m1/s1. The first kappa shape index (κ1) is 19.2. The van der Waals surface area contributed by atoms with Crippen molar-refractivity contribution >= 4 is 5.91 Å². The summed E-state index contributed by atoms with van der Waals surface area (Å²) in [6.07, 6.45) is 2.04. The molecule has 2 aromatic carbocycles. The third kappa shape index (κ3) is 4.25. The molecule has 0 spiro atoms. The molecule has 0 saturated carbocycles. The molecule has 144 valence electrons. The van der Waals surface area contributed by atoms with Crippen LogP contribution >= 0.6 is 0 Å². The van der Waals surface area contributed by atoms with Crippen LogP contribution in [0.1, 0.15) is 34.8 Å². The predicted octanol–water partition coefficient (Wildman–Crippen LogP) is 3.27. The molecule has 0 aromatic heterocycles. The van der Waals surface area contributed by atoms with Gasteiger partial charge in [-0.1, -0.05) is 37.3 Å². The molecule has 5 nitrogen and oxygen atoms in total. The maximum absolute atomic E-state index is 12.7. The largest absolute Gasteiger partial charge is 0.493 e. The zero-order chi connectivity index (χ0) is 19.2. The van der Waals surface area contributed by atoms with Crippen molar-refractivity contribution < 1.29 is 14.3 Å². The van der Waals surface area contributed by atoms with E-state index < -0.39 is 0 Å². The fraction of sp³-hybridized carbons (Fsp3) is 0.409. The molecule has 1 aliphatic rings. The lowest BCUT2D eigenvalue weighted by molar-refractivity contribution is 0.0922. The van der Waals surface area contributed by atoms with E-state index in [4.69, 9.17) is 9.47 Å². The van der Waals surface area contributed by atoms with E-state index in [0.717, 1.165) is 25.9 Å². The number of nitrogens with one attached hydrogen (secondary N) is 1. The Balaban J connectivity index is 1.66. The van der Waals surface area contributed by atoms with Gasteiger partial charge in [-0.15, -0.1) is 0 Å². The van der Waals surface area contributed by atoms with Crippen LogP contribution in [0.5, 0.6) is 11.5 Å². The van der Waals surface area contributed by atoms with Crippen LogP contribution in [-0.2, 0) is 13.0 Å². The maximum Gasteiger partial charge on any atom is 0.255 e. The van der Waals surface area contributed by atoms with Gasteiger partial charge in [0.2, 0.25) is 0 Å². The molecule has 5 heteroatoms. The van der Waals surface area contributed by atoms with E-state index in [2.05, 4.69) is 41.4 Å². The Morgan fingerprint density at radius 3 is 2.59 bits per heavy atom. The minimum absolute atomic E-state index is 0.137. The predicted molar refractivity (Wildman–Crippen MR) is 107 cm³/mol. The lowest BCUT2D eigenvalue weighted by atomic mass is 9.98. The van der Waals surface area contributed by atoms with Crippen molar-refractivity contribution in [2.24, 2.45) is 0 Å². The van der Waals surface area contributed by atoms with Gasteiger partial charge in [0.15, 0.2) is 11.5 Å². The zero-order valence-electron chi connectivity index (χ0n) is 16.3. The zero-order valence-corrected chi connectivity index (χ0v) is 16.3. The molecule has 1 heterocycles. The van der Waals surface area contributed by atoms with Gasteiger partial charge in [0.1, 0.15) is 0 Å². The highest BCUT2D eigenvalue weighted by Crippen LogP contribution is 2.30. The van der Waals surface area contributed by atoms with E-state index in [-0.39, 0.29) is 5.91 Å². The molecular formula is C22H28N2O3. The van der Waals surface area contributed by atoms with Crippen LogP contribution in [0.25, 0.3) is 0 Å². The van der Waals surface area contributed by atoms with E-state index in [1.807, 2.05) is 0 Å². The van der Waals surface area contributed by atoms with Gasteiger partial charge in [-0.05, 0) is 36.1 Å². The molecule has 1 amide bonds. The summed E-state index contributed by atoms with van der Waals surface area (Å²) < 4.78 is 10.7. The summed E-state index contributed by atoms with van der Waals surface area (Å²) in [6, 6.07) is 14.3.